The Bertz CT molecular complexity index is 3210. The Balaban J connectivity index is 1.07. The largest absolute Gasteiger partial charge is 0.310 e. The van der Waals surface area contributed by atoms with E-state index in [4.69, 9.17) is 0 Å². The molecule has 1 nitrogen and oxygen atoms in total. The zero-order chi connectivity index (χ0) is 41.8. The summed E-state index contributed by atoms with van der Waals surface area (Å²) in [7, 11) is 0. The van der Waals surface area contributed by atoms with Gasteiger partial charge in [0.25, 0.3) is 0 Å². The molecule has 0 atom stereocenters. The molecule has 0 heterocycles. The van der Waals surface area contributed by atoms with Crippen LogP contribution >= 0.6 is 0 Å². The Morgan fingerprint density at radius 2 is 0.742 bits per heavy atom. The van der Waals surface area contributed by atoms with Gasteiger partial charge >= 0.3 is 0 Å². The minimum atomic E-state index is -0.447. The second kappa shape index (κ2) is 13.4. The minimum Gasteiger partial charge on any atom is -0.310 e. The first kappa shape index (κ1) is 36.6. The van der Waals surface area contributed by atoms with E-state index in [9.17, 15) is 0 Å². The molecule has 296 valence electrons. The zero-order valence-corrected chi connectivity index (χ0v) is 35.7. The molecule has 3 aliphatic carbocycles. The van der Waals surface area contributed by atoms with Gasteiger partial charge in [-0.05, 0) is 120 Å². The van der Waals surface area contributed by atoms with Crippen molar-refractivity contribution < 1.29 is 0 Å². The summed E-state index contributed by atoms with van der Waals surface area (Å²) in [4.78, 5) is 2.48. The Morgan fingerprint density at radius 3 is 1.45 bits per heavy atom. The highest BCUT2D eigenvalue weighted by Crippen LogP contribution is 2.62. The fourth-order valence-electron chi connectivity index (χ4n) is 11.7. The topological polar surface area (TPSA) is 3.24 Å². The van der Waals surface area contributed by atoms with Gasteiger partial charge in [0.05, 0.1) is 11.1 Å². The van der Waals surface area contributed by atoms with Gasteiger partial charge in [0, 0.05) is 27.8 Å². The van der Waals surface area contributed by atoms with Crippen molar-refractivity contribution in [2.24, 2.45) is 0 Å². The van der Waals surface area contributed by atoms with Crippen molar-refractivity contribution in [3.63, 3.8) is 0 Å². The van der Waals surface area contributed by atoms with E-state index in [1.54, 1.807) is 0 Å². The maximum absolute atomic E-state index is 2.51. The maximum Gasteiger partial charge on any atom is 0.0719 e. The molecule has 1 heteroatoms. The van der Waals surface area contributed by atoms with Crippen LogP contribution in [0.3, 0.4) is 0 Å². The van der Waals surface area contributed by atoms with E-state index < -0.39 is 5.41 Å². The van der Waals surface area contributed by atoms with Crippen LogP contribution in [-0.4, -0.2) is 0 Å². The third kappa shape index (κ3) is 5.03. The van der Waals surface area contributed by atoms with E-state index >= 15 is 0 Å². The number of benzene rings is 9. The Hall–Kier alpha value is -7.22. The summed E-state index contributed by atoms with van der Waals surface area (Å²) < 4.78 is 0. The number of anilines is 3. The molecule has 0 amide bonds. The Labute approximate surface area is 365 Å². The molecule has 62 heavy (non-hydrogen) atoms. The van der Waals surface area contributed by atoms with Crippen LogP contribution in [0.2, 0.25) is 0 Å². The normalized spacial score (nSPS) is 15.2. The van der Waals surface area contributed by atoms with Gasteiger partial charge in [-0.25, -0.2) is 0 Å². The van der Waals surface area contributed by atoms with Crippen LogP contribution in [0.4, 0.5) is 17.1 Å². The Kier molecular flexibility index (Phi) is 7.91. The fraction of sp³-hybridized carbons (Fsp3) is 0.115. The molecule has 0 unspecified atom stereocenters. The van der Waals surface area contributed by atoms with Crippen molar-refractivity contribution in [3.05, 3.63) is 257 Å². The summed E-state index contributed by atoms with van der Waals surface area (Å²) in [6.07, 6.45) is 0. The Morgan fingerprint density at radius 1 is 0.274 bits per heavy atom. The van der Waals surface area contributed by atoms with Crippen LogP contribution in [0.15, 0.2) is 212 Å². The third-order valence-electron chi connectivity index (χ3n) is 14.5. The smallest absolute Gasteiger partial charge is 0.0719 e. The maximum atomic E-state index is 2.51. The molecule has 0 radical (unpaired) electrons. The summed E-state index contributed by atoms with van der Waals surface area (Å²) in [6.45, 7) is 9.52. The van der Waals surface area contributed by atoms with Gasteiger partial charge in [-0.3, -0.25) is 0 Å². The summed E-state index contributed by atoms with van der Waals surface area (Å²) in [5.41, 5.74) is 23.7. The second-order valence-electron chi connectivity index (χ2n) is 18.4. The predicted molar refractivity (Wildman–Crippen MR) is 259 cm³/mol. The van der Waals surface area contributed by atoms with Crippen LogP contribution in [-0.2, 0) is 16.2 Å². The first-order valence-electron chi connectivity index (χ1n) is 22.0. The van der Waals surface area contributed by atoms with Crippen molar-refractivity contribution in [2.75, 3.05) is 4.90 Å². The van der Waals surface area contributed by atoms with Crippen molar-refractivity contribution in [1.82, 2.24) is 0 Å². The predicted octanol–water partition coefficient (Wildman–Crippen LogP) is 15.8. The number of hydrogen-bond donors (Lipinski definition) is 0. The highest BCUT2D eigenvalue weighted by molar-refractivity contribution is 5.93. The van der Waals surface area contributed by atoms with E-state index in [1.807, 2.05) is 0 Å². The molecule has 0 aliphatic heterocycles. The lowest BCUT2D eigenvalue weighted by Gasteiger charge is -2.46. The number of para-hydroxylation sites is 1. The minimum absolute atomic E-state index is 0.127. The molecule has 0 saturated heterocycles. The number of nitrogens with zero attached hydrogens (tertiary/aromatic N) is 1. The van der Waals surface area contributed by atoms with Crippen molar-refractivity contribution >= 4 is 17.1 Å². The average molecular weight is 794 g/mol. The molecule has 0 aromatic heterocycles. The standard InChI is InChI=1S/C61H47N/c1-59(2)50-26-11-8-24-46(50)48-36-34-44(39-56(48)59)62(58-32-17-10-23-45(58)40-19-6-5-7-20-40)43-22-18-21-41(37-43)42-33-35-49-47-25-9-12-27-51(47)61(57(49)38-42)54-30-15-13-28-52(54)60(3,4)53-29-14-16-31-55(53)61/h5-39H,1-4H3. The average Bonchev–Trinajstić information content (AvgIpc) is 3.74. The summed E-state index contributed by atoms with van der Waals surface area (Å²) in [5.74, 6) is 0. The van der Waals surface area contributed by atoms with E-state index in [0.29, 0.717) is 0 Å². The molecule has 12 rings (SSSR count). The van der Waals surface area contributed by atoms with Gasteiger partial charge in [-0.15, -0.1) is 0 Å². The van der Waals surface area contributed by atoms with Gasteiger partial charge in [-0.1, -0.05) is 204 Å². The summed E-state index contributed by atoms with van der Waals surface area (Å²) >= 11 is 0. The molecule has 0 saturated carbocycles. The molecule has 0 N–H and O–H groups in total. The molecular weight excluding hydrogens is 747 g/mol. The molecule has 0 bridgehead atoms. The molecule has 9 aromatic rings. The molecule has 1 spiro atoms. The molecule has 0 fully saturated rings. The number of hydrogen-bond acceptors (Lipinski definition) is 1. The number of rotatable bonds is 5. The molecule has 9 aromatic carbocycles. The second-order valence-corrected chi connectivity index (χ2v) is 18.4. The fourth-order valence-corrected chi connectivity index (χ4v) is 11.7. The highest BCUT2D eigenvalue weighted by Gasteiger charge is 2.53. The number of fused-ring (bicyclic) bond motifs is 12. The lowest BCUT2D eigenvalue weighted by atomic mass is 9.55. The first-order valence-corrected chi connectivity index (χ1v) is 22.0. The van der Waals surface area contributed by atoms with Crippen LogP contribution in [0.1, 0.15) is 72.2 Å². The third-order valence-corrected chi connectivity index (χ3v) is 14.5. The lowest BCUT2D eigenvalue weighted by Crippen LogP contribution is -2.40. The molecule has 3 aliphatic rings. The zero-order valence-electron chi connectivity index (χ0n) is 35.7. The summed E-state index contributed by atoms with van der Waals surface area (Å²) in [6, 6.07) is 79.7. The van der Waals surface area contributed by atoms with Crippen LogP contribution in [0, 0.1) is 0 Å². The molecular formula is C61H47N. The lowest BCUT2D eigenvalue weighted by molar-refractivity contribution is 0.563. The van der Waals surface area contributed by atoms with Crippen molar-refractivity contribution in [2.45, 2.75) is 43.9 Å². The quantitative estimate of drug-likeness (QED) is 0.168. The van der Waals surface area contributed by atoms with Gasteiger partial charge in [-0.2, -0.15) is 0 Å². The van der Waals surface area contributed by atoms with E-state index in [-0.39, 0.29) is 10.8 Å². The van der Waals surface area contributed by atoms with Crippen LogP contribution in [0.25, 0.3) is 44.5 Å². The van der Waals surface area contributed by atoms with Gasteiger partial charge in [0.15, 0.2) is 0 Å². The first-order chi connectivity index (χ1) is 30.3. The van der Waals surface area contributed by atoms with Gasteiger partial charge < -0.3 is 4.90 Å². The van der Waals surface area contributed by atoms with Gasteiger partial charge in [0.1, 0.15) is 0 Å². The van der Waals surface area contributed by atoms with Crippen LogP contribution in [0.5, 0.6) is 0 Å². The van der Waals surface area contributed by atoms with Crippen LogP contribution < -0.4 is 4.90 Å². The van der Waals surface area contributed by atoms with E-state index in [0.717, 1.165) is 17.1 Å². The van der Waals surface area contributed by atoms with Crippen molar-refractivity contribution in [3.8, 4) is 44.5 Å². The van der Waals surface area contributed by atoms with Crippen molar-refractivity contribution in [1.29, 1.82) is 0 Å². The monoisotopic (exact) mass is 793 g/mol. The van der Waals surface area contributed by atoms with E-state index in [1.165, 1.54) is 89.0 Å². The highest BCUT2D eigenvalue weighted by atomic mass is 15.1. The van der Waals surface area contributed by atoms with Gasteiger partial charge in [0.2, 0.25) is 0 Å². The van der Waals surface area contributed by atoms with E-state index in [2.05, 4.69) is 245 Å². The SMILES string of the molecule is CC1(C)c2ccccc2-c2ccc(N(c3cccc(-c4ccc5c(c4)C4(c6ccccc6-5)c5ccccc5C(C)(C)c5ccccc54)c3)c3ccccc3-c3ccccc3)cc21. The summed E-state index contributed by atoms with van der Waals surface area (Å²) in [5, 5.41) is 0.